The number of carboxylic acids is 1. The molecule has 1 saturated heterocycles. The van der Waals surface area contributed by atoms with Gasteiger partial charge in [0.25, 0.3) is 0 Å². The second kappa shape index (κ2) is 4.97. The highest BCUT2D eigenvalue weighted by Gasteiger charge is 2.51. The first-order chi connectivity index (χ1) is 8.51. The number of aliphatic carboxylic acids is 1. The van der Waals surface area contributed by atoms with E-state index in [9.17, 15) is 14.3 Å². The molecule has 5 heteroatoms. The number of benzene rings is 1. The minimum atomic E-state index is -0.903. The molecule has 0 bridgehead atoms. The first-order valence-corrected chi connectivity index (χ1v) is 6.56. The number of hydrogen-bond donors (Lipinski definition) is 1. The van der Waals surface area contributed by atoms with Crippen LogP contribution in [0.3, 0.4) is 0 Å². The van der Waals surface area contributed by atoms with E-state index < -0.39 is 17.3 Å². The first kappa shape index (κ1) is 13.5. The molecule has 0 saturated carbocycles. The van der Waals surface area contributed by atoms with Gasteiger partial charge in [0.15, 0.2) is 0 Å². The molecule has 1 unspecified atom stereocenters. The van der Waals surface area contributed by atoms with Crippen LogP contribution in [0, 0.1) is 11.7 Å². The summed E-state index contributed by atoms with van der Waals surface area (Å²) in [5.41, 5.74) is -0.313. The van der Waals surface area contributed by atoms with Crippen molar-refractivity contribution in [3.63, 3.8) is 0 Å². The van der Waals surface area contributed by atoms with Crippen LogP contribution in [0.5, 0.6) is 0 Å². The molecule has 1 atom stereocenters. The number of halogens is 2. The van der Waals surface area contributed by atoms with Crippen LogP contribution in [-0.2, 0) is 14.9 Å². The van der Waals surface area contributed by atoms with Crippen LogP contribution in [0.2, 0.25) is 0 Å². The van der Waals surface area contributed by atoms with Gasteiger partial charge in [0.1, 0.15) is 5.82 Å². The summed E-state index contributed by atoms with van der Waals surface area (Å²) < 4.78 is 19.9. The van der Waals surface area contributed by atoms with E-state index in [0.717, 1.165) is 4.47 Å². The molecule has 1 N–H and O–H groups in total. The Morgan fingerprint density at radius 3 is 2.72 bits per heavy atom. The molecule has 1 aliphatic rings. The predicted octanol–water partition coefficient (Wildman–Crippen LogP) is 2.97. The van der Waals surface area contributed by atoms with E-state index in [1.54, 1.807) is 19.1 Å². The molecule has 0 spiro atoms. The summed E-state index contributed by atoms with van der Waals surface area (Å²) in [7, 11) is 0. The molecule has 0 radical (unpaired) electrons. The van der Waals surface area contributed by atoms with Gasteiger partial charge in [-0.15, -0.1) is 0 Å². The van der Waals surface area contributed by atoms with E-state index in [1.165, 1.54) is 6.07 Å². The molecule has 0 aromatic heterocycles. The Morgan fingerprint density at radius 2 is 2.28 bits per heavy atom. The standard InChI is InChI=1S/C13H14BrFO3/c1-2-9(12(16)17)13(6-18-7-13)10-5-8(14)3-4-11(10)15/h3-5,9H,2,6-7H2,1H3,(H,16,17). The third-order valence-electron chi connectivity index (χ3n) is 3.56. The average molecular weight is 317 g/mol. The van der Waals surface area contributed by atoms with Crippen molar-refractivity contribution in [3.8, 4) is 0 Å². The van der Waals surface area contributed by atoms with Gasteiger partial charge in [0.2, 0.25) is 0 Å². The Hall–Kier alpha value is -0.940. The zero-order chi connectivity index (χ0) is 13.3. The number of ether oxygens (including phenoxy) is 1. The number of hydrogen-bond acceptors (Lipinski definition) is 2. The SMILES string of the molecule is CCC(C(=O)O)C1(c2cc(Br)ccc2F)COC1. The Labute approximate surface area is 113 Å². The highest BCUT2D eigenvalue weighted by molar-refractivity contribution is 9.10. The Balaban J connectivity index is 2.49. The van der Waals surface area contributed by atoms with Crippen LogP contribution in [0.25, 0.3) is 0 Å². The molecule has 18 heavy (non-hydrogen) atoms. The van der Waals surface area contributed by atoms with Crippen molar-refractivity contribution in [3.05, 3.63) is 34.1 Å². The van der Waals surface area contributed by atoms with Crippen LogP contribution in [0.15, 0.2) is 22.7 Å². The fourth-order valence-electron chi connectivity index (χ4n) is 2.55. The fourth-order valence-corrected chi connectivity index (χ4v) is 2.91. The molecular formula is C13H14BrFO3. The lowest BCUT2D eigenvalue weighted by Crippen LogP contribution is -2.55. The van der Waals surface area contributed by atoms with E-state index in [-0.39, 0.29) is 19.0 Å². The molecule has 1 aliphatic heterocycles. The third-order valence-corrected chi connectivity index (χ3v) is 4.05. The maximum atomic E-state index is 14.0. The molecule has 1 aromatic rings. The van der Waals surface area contributed by atoms with Crippen molar-refractivity contribution in [1.29, 1.82) is 0 Å². The summed E-state index contributed by atoms with van der Waals surface area (Å²) in [4.78, 5) is 11.3. The van der Waals surface area contributed by atoms with Gasteiger partial charge in [0, 0.05) is 10.0 Å². The number of carboxylic acid groups (broad SMARTS) is 1. The van der Waals surface area contributed by atoms with Gasteiger partial charge in [-0.1, -0.05) is 22.9 Å². The fraction of sp³-hybridized carbons (Fsp3) is 0.462. The molecule has 2 rings (SSSR count). The summed E-state index contributed by atoms with van der Waals surface area (Å²) >= 11 is 3.30. The predicted molar refractivity (Wildman–Crippen MR) is 68.0 cm³/mol. The molecule has 1 aromatic carbocycles. The highest BCUT2D eigenvalue weighted by Crippen LogP contribution is 2.43. The van der Waals surface area contributed by atoms with Crippen molar-refractivity contribution in [1.82, 2.24) is 0 Å². The van der Waals surface area contributed by atoms with Gasteiger partial charge in [-0.3, -0.25) is 4.79 Å². The van der Waals surface area contributed by atoms with Crippen LogP contribution in [0.4, 0.5) is 4.39 Å². The van der Waals surface area contributed by atoms with Gasteiger partial charge in [-0.25, -0.2) is 4.39 Å². The van der Waals surface area contributed by atoms with Gasteiger partial charge < -0.3 is 9.84 Å². The summed E-state index contributed by atoms with van der Waals surface area (Å²) in [5, 5.41) is 9.31. The summed E-state index contributed by atoms with van der Waals surface area (Å²) in [6.45, 7) is 2.31. The number of carbonyl (C=O) groups is 1. The topological polar surface area (TPSA) is 46.5 Å². The molecule has 1 heterocycles. The normalized spacial score (nSPS) is 19.1. The van der Waals surface area contributed by atoms with E-state index in [2.05, 4.69) is 15.9 Å². The maximum absolute atomic E-state index is 14.0. The lowest BCUT2D eigenvalue weighted by atomic mass is 9.67. The van der Waals surface area contributed by atoms with Gasteiger partial charge in [-0.2, -0.15) is 0 Å². The Bertz CT molecular complexity index is 471. The number of rotatable bonds is 4. The molecule has 0 aliphatic carbocycles. The van der Waals surface area contributed by atoms with Crippen LogP contribution >= 0.6 is 15.9 Å². The Kier molecular flexibility index (Phi) is 3.73. The average Bonchev–Trinajstić information content (AvgIpc) is 2.26. The van der Waals surface area contributed by atoms with E-state index in [1.807, 2.05) is 0 Å². The zero-order valence-corrected chi connectivity index (χ0v) is 11.5. The lowest BCUT2D eigenvalue weighted by Gasteiger charge is -2.45. The maximum Gasteiger partial charge on any atom is 0.307 e. The summed E-state index contributed by atoms with van der Waals surface area (Å²) in [5.74, 6) is -1.91. The van der Waals surface area contributed by atoms with Crippen molar-refractivity contribution in [2.75, 3.05) is 13.2 Å². The quantitative estimate of drug-likeness (QED) is 0.929. The van der Waals surface area contributed by atoms with Gasteiger partial charge in [0.05, 0.1) is 24.5 Å². The second-order valence-corrected chi connectivity index (χ2v) is 5.49. The van der Waals surface area contributed by atoms with Crippen molar-refractivity contribution in [2.24, 2.45) is 5.92 Å². The summed E-state index contributed by atoms with van der Waals surface area (Å²) in [6, 6.07) is 4.62. The molecular weight excluding hydrogens is 303 g/mol. The zero-order valence-electron chi connectivity index (χ0n) is 9.95. The molecule has 98 valence electrons. The third kappa shape index (κ3) is 2.06. The minimum absolute atomic E-state index is 0.255. The highest BCUT2D eigenvalue weighted by atomic mass is 79.9. The first-order valence-electron chi connectivity index (χ1n) is 5.77. The summed E-state index contributed by atoms with van der Waals surface area (Å²) in [6.07, 6.45) is 0.449. The minimum Gasteiger partial charge on any atom is -0.481 e. The largest absolute Gasteiger partial charge is 0.481 e. The van der Waals surface area contributed by atoms with E-state index in [4.69, 9.17) is 4.74 Å². The molecule has 0 amide bonds. The Morgan fingerprint density at radius 1 is 1.61 bits per heavy atom. The lowest BCUT2D eigenvalue weighted by molar-refractivity contribution is -0.157. The van der Waals surface area contributed by atoms with Gasteiger partial charge >= 0.3 is 5.97 Å². The van der Waals surface area contributed by atoms with E-state index >= 15 is 0 Å². The second-order valence-electron chi connectivity index (χ2n) is 4.57. The van der Waals surface area contributed by atoms with Crippen LogP contribution < -0.4 is 0 Å². The van der Waals surface area contributed by atoms with Crippen LogP contribution in [0.1, 0.15) is 18.9 Å². The molecule has 3 nitrogen and oxygen atoms in total. The van der Waals surface area contributed by atoms with Crippen molar-refractivity contribution < 1.29 is 19.0 Å². The monoisotopic (exact) mass is 316 g/mol. The molecule has 1 fully saturated rings. The van der Waals surface area contributed by atoms with E-state index in [0.29, 0.717) is 12.0 Å². The smallest absolute Gasteiger partial charge is 0.307 e. The van der Waals surface area contributed by atoms with Crippen LogP contribution in [-0.4, -0.2) is 24.3 Å². The van der Waals surface area contributed by atoms with Gasteiger partial charge in [-0.05, 0) is 24.6 Å². The van der Waals surface area contributed by atoms with Crippen molar-refractivity contribution in [2.45, 2.75) is 18.8 Å². The van der Waals surface area contributed by atoms with Crippen molar-refractivity contribution >= 4 is 21.9 Å².